The summed E-state index contributed by atoms with van der Waals surface area (Å²) < 4.78 is 21.5. The van der Waals surface area contributed by atoms with Crippen molar-refractivity contribution in [1.29, 1.82) is 0 Å². The van der Waals surface area contributed by atoms with Crippen LogP contribution in [0.1, 0.15) is 11.0 Å². The highest BCUT2D eigenvalue weighted by Crippen LogP contribution is 2.63. The van der Waals surface area contributed by atoms with Gasteiger partial charge < -0.3 is 23.8 Å². The van der Waals surface area contributed by atoms with Crippen molar-refractivity contribution in [2.75, 3.05) is 28.4 Å². The number of aliphatic hydroxyl groups is 1. The van der Waals surface area contributed by atoms with Gasteiger partial charge in [0.15, 0.2) is 17.0 Å². The molecule has 2 rings (SSSR count). The number of hydrogen-bond acceptors (Lipinski definition) is 7. The molecular formula is C17H21O5PS2. The molecule has 2 aromatic carbocycles. The predicted octanol–water partition coefficient (Wildman–Crippen LogP) is 3.72. The summed E-state index contributed by atoms with van der Waals surface area (Å²) in [5, 5.41) is 11.6. The summed E-state index contributed by atoms with van der Waals surface area (Å²) in [4.78, 5) is 0. The van der Waals surface area contributed by atoms with E-state index in [4.69, 9.17) is 30.5 Å². The fourth-order valence-electron chi connectivity index (χ4n) is 2.27. The van der Waals surface area contributed by atoms with E-state index < -0.39 is 10.9 Å². The van der Waals surface area contributed by atoms with Gasteiger partial charge in [-0.05, 0) is 30.3 Å². The van der Waals surface area contributed by atoms with Gasteiger partial charge in [-0.3, -0.25) is 0 Å². The Morgan fingerprint density at radius 1 is 0.960 bits per heavy atom. The van der Waals surface area contributed by atoms with E-state index in [0.717, 1.165) is 11.1 Å². The molecule has 0 aliphatic carbocycles. The van der Waals surface area contributed by atoms with Crippen molar-refractivity contribution in [1.82, 2.24) is 0 Å². The van der Waals surface area contributed by atoms with Crippen LogP contribution in [-0.2, 0) is 16.3 Å². The summed E-state index contributed by atoms with van der Waals surface area (Å²) in [5.41, 5.74) is -2.84. The van der Waals surface area contributed by atoms with Crippen LogP contribution >= 0.6 is 16.8 Å². The average Bonchev–Trinajstić information content (AvgIpc) is 2.66. The van der Waals surface area contributed by atoms with Gasteiger partial charge in [-0.25, -0.2) is 0 Å². The summed E-state index contributed by atoms with van der Waals surface area (Å²) in [7, 11) is 6.26. The van der Waals surface area contributed by atoms with E-state index in [0.29, 0.717) is 17.1 Å². The maximum absolute atomic E-state index is 10.8. The van der Waals surface area contributed by atoms with Gasteiger partial charge >= 0.3 is 0 Å². The van der Waals surface area contributed by atoms with Gasteiger partial charge in [-0.2, -0.15) is 0 Å². The van der Waals surface area contributed by atoms with Crippen molar-refractivity contribution in [3.8, 4) is 17.2 Å². The molecule has 25 heavy (non-hydrogen) atoms. The SMILES string of the molecule is COc1ccc(P(=S)(OC)SC(O)c2cccc(OC)c2OC)cc1. The lowest BCUT2D eigenvalue weighted by Gasteiger charge is -2.24. The molecule has 0 fully saturated rings. The molecule has 0 saturated carbocycles. The van der Waals surface area contributed by atoms with E-state index in [1.807, 2.05) is 24.3 Å². The highest BCUT2D eigenvalue weighted by atomic mass is 32.9. The van der Waals surface area contributed by atoms with E-state index in [1.54, 1.807) is 39.5 Å². The van der Waals surface area contributed by atoms with Gasteiger partial charge in [-0.15, -0.1) is 0 Å². The van der Waals surface area contributed by atoms with Crippen molar-refractivity contribution in [3.05, 3.63) is 48.0 Å². The van der Waals surface area contributed by atoms with Crippen LogP contribution < -0.4 is 19.5 Å². The lowest BCUT2D eigenvalue weighted by atomic mass is 10.2. The number of hydrogen-bond donors (Lipinski definition) is 1. The molecule has 8 heteroatoms. The Balaban J connectivity index is 2.33. The second-order valence-electron chi connectivity index (χ2n) is 4.92. The van der Waals surface area contributed by atoms with Gasteiger partial charge in [0.2, 0.25) is 0 Å². The number of ether oxygens (including phenoxy) is 3. The van der Waals surface area contributed by atoms with Crippen LogP contribution in [0.3, 0.4) is 0 Å². The zero-order chi connectivity index (χ0) is 18.4. The van der Waals surface area contributed by atoms with Crippen LogP contribution in [0.4, 0.5) is 0 Å². The van der Waals surface area contributed by atoms with E-state index in [9.17, 15) is 5.11 Å². The highest BCUT2D eigenvalue weighted by Gasteiger charge is 2.28. The third kappa shape index (κ3) is 4.49. The molecule has 0 saturated heterocycles. The Kier molecular flexibility index (Phi) is 7.16. The molecule has 136 valence electrons. The summed E-state index contributed by atoms with van der Waals surface area (Å²) in [6, 6.07) is 12.7. The quantitative estimate of drug-likeness (QED) is 0.535. The minimum absolute atomic E-state index is 0.484. The Morgan fingerprint density at radius 3 is 2.16 bits per heavy atom. The average molecular weight is 400 g/mol. The lowest BCUT2D eigenvalue weighted by molar-refractivity contribution is 0.260. The number of para-hydroxylation sites is 1. The normalized spacial score (nSPS) is 14.4. The zero-order valence-electron chi connectivity index (χ0n) is 14.5. The van der Waals surface area contributed by atoms with Crippen molar-refractivity contribution in [2.45, 2.75) is 5.44 Å². The van der Waals surface area contributed by atoms with Gasteiger partial charge in [0.05, 0.1) is 21.3 Å². The largest absolute Gasteiger partial charge is 0.497 e. The molecule has 0 aromatic heterocycles. The van der Waals surface area contributed by atoms with Crippen molar-refractivity contribution in [3.63, 3.8) is 0 Å². The van der Waals surface area contributed by atoms with Gasteiger partial charge in [0, 0.05) is 18.0 Å². The smallest absolute Gasteiger partial charge is 0.167 e. The first-order valence-electron chi connectivity index (χ1n) is 7.36. The molecule has 0 aliphatic heterocycles. The zero-order valence-corrected chi connectivity index (χ0v) is 17.0. The molecule has 1 N–H and O–H groups in total. The third-order valence-electron chi connectivity index (χ3n) is 3.57. The fraction of sp³-hybridized carbons (Fsp3) is 0.294. The number of methoxy groups -OCH3 is 3. The summed E-state index contributed by atoms with van der Waals surface area (Å²) in [6.45, 7) is 0. The maximum atomic E-state index is 10.8. The van der Waals surface area contributed by atoms with E-state index in [1.165, 1.54) is 18.5 Å². The van der Waals surface area contributed by atoms with E-state index >= 15 is 0 Å². The number of benzene rings is 2. The lowest BCUT2D eigenvalue weighted by Crippen LogP contribution is -2.06. The molecule has 0 amide bonds. The van der Waals surface area contributed by atoms with Crippen LogP contribution in [0.2, 0.25) is 0 Å². The molecular weight excluding hydrogens is 379 g/mol. The topological polar surface area (TPSA) is 57.2 Å². The number of aliphatic hydroxyl groups excluding tert-OH is 1. The molecule has 0 bridgehead atoms. The second kappa shape index (κ2) is 8.92. The van der Waals surface area contributed by atoms with Crippen LogP contribution in [0, 0.1) is 0 Å². The standard InChI is InChI=1S/C17H21O5PS2/c1-19-12-8-10-13(11-9-12)23(24,22-4)25-17(18)14-6-5-7-15(20-2)16(14)21-3/h5-11,17-18H,1-4H3. The minimum atomic E-state index is -2.51. The minimum Gasteiger partial charge on any atom is -0.497 e. The number of rotatable bonds is 8. The molecule has 0 heterocycles. The molecule has 0 aliphatic rings. The van der Waals surface area contributed by atoms with Crippen LogP contribution in [0.5, 0.6) is 17.2 Å². The Morgan fingerprint density at radius 2 is 1.64 bits per heavy atom. The first-order chi connectivity index (χ1) is 12.0. The molecule has 2 atom stereocenters. The third-order valence-corrected chi connectivity index (χ3v) is 10.1. The molecule has 0 spiro atoms. The molecule has 2 unspecified atom stereocenters. The maximum Gasteiger partial charge on any atom is 0.167 e. The van der Waals surface area contributed by atoms with E-state index in [2.05, 4.69) is 0 Å². The van der Waals surface area contributed by atoms with Crippen molar-refractivity contribution >= 4 is 34.0 Å². The first-order valence-corrected chi connectivity index (χ1v) is 11.6. The summed E-state index contributed by atoms with van der Waals surface area (Å²) in [6.07, 6.45) is 0. The van der Waals surface area contributed by atoms with Gasteiger partial charge in [0.1, 0.15) is 11.2 Å². The Hall–Kier alpha value is -1.24. The van der Waals surface area contributed by atoms with Crippen molar-refractivity contribution in [2.24, 2.45) is 0 Å². The van der Waals surface area contributed by atoms with Crippen LogP contribution in [-0.4, -0.2) is 33.5 Å². The summed E-state index contributed by atoms with van der Waals surface area (Å²) in [5.74, 6) is 1.77. The van der Waals surface area contributed by atoms with Crippen LogP contribution in [0.15, 0.2) is 42.5 Å². The molecule has 2 aromatic rings. The van der Waals surface area contributed by atoms with Gasteiger partial charge in [0.25, 0.3) is 0 Å². The second-order valence-corrected chi connectivity index (χ2v) is 11.9. The molecule has 5 nitrogen and oxygen atoms in total. The highest BCUT2D eigenvalue weighted by molar-refractivity contribution is 8.71. The first kappa shape index (κ1) is 20.1. The Bertz CT molecular complexity index is 751. The Labute approximate surface area is 157 Å². The summed E-state index contributed by atoms with van der Waals surface area (Å²) >= 11 is 6.94. The van der Waals surface area contributed by atoms with E-state index in [-0.39, 0.29) is 0 Å². The van der Waals surface area contributed by atoms with Crippen molar-refractivity contribution < 1.29 is 23.8 Å². The monoisotopic (exact) mass is 400 g/mol. The molecule has 0 radical (unpaired) electrons. The fourth-order valence-corrected chi connectivity index (χ4v) is 6.98. The van der Waals surface area contributed by atoms with Crippen LogP contribution in [0.25, 0.3) is 0 Å². The van der Waals surface area contributed by atoms with Gasteiger partial charge in [-0.1, -0.05) is 35.3 Å². The predicted molar refractivity (Wildman–Crippen MR) is 106 cm³/mol.